The third-order valence-corrected chi connectivity index (χ3v) is 19.6. The maximum absolute atomic E-state index is 15.3. The van der Waals surface area contributed by atoms with E-state index in [2.05, 4.69) is 38.4 Å². The second-order valence-electron chi connectivity index (χ2n) is 28.2. The van der Waals surface area contributed by atoms with Crippen molar-refractivity contribution in [2.75, 3.05) is 91.1 Å². The van der Waals surface area contributed by atoms with Gasteiger partial charge in [-0.15, -0.1) is 5.92 Å². The molecule has 111 heavy (non-hydrogen) atoms. The lowest BCUT2D eigenvalue weighted by Gasteiger charge is -2.31. The number of aliphatic carboxylic acids is 1. The number of aryl methyl sites for hydroxylation is 1. The average Bonchev–Trinajstić information content (AvgIpc) is 1.59. The van der Waals surface area contributed by atoms with E-state index in [1.54, 1.807) is 58.0 Å². The number of rotatable bonds is 46. The lowest BCUT2D eigenvalue weighted by Crippen LogP contribution is -2.47. The Bertz CT molecular complexity index is 4060. The van der Waals surface area contributed by atoms with E-state index in [4.69, 9.17) is 53.7 Å². The molecule has 4 heterocycles. The Morgan fingerprint density at radius 3 is 2.15 bits per heavy atom. The number of benzene rings is 2. The minimum Gasteiger partial charge on any atom is -0.481 e. The summed E-state index contributed by atoms with van der Waals surface area (Å²) in [5.41, 5.74) is 7.76. The molecule has 0 saturated carbocycles. The van der Waals surface area contributed by atoms with Crippen LogP contribution in [0.3, 0.4) is 0 Å². The van der Waals surface area contributed by atoms with Gasteiger partial charge in [-0.1, -0.05) is 59.1 Å². The van der Waals surface area contributed by atoms with E-state index in [9.17, 15) is 62.6 Å². The molecule has 2 aromatic heterocycles. The Morgan fingerprint density at radius 1 is 0.775 bits per heavy atom. The van der Waals surface area contributed by atoms with Crippen LogP contribution in [0.5, 0.6) is 0 Å². The number of aromatic nitrogens is 2. The second kappa shape index (κ2) is 45.2. The first kappa shape index (κ1) is 88.8. The first-order valence-corrected chi connectivity index (χ1v) is 38.3. The summed E-state index contributed by atoms with van der Waals surface area (Å²) in [4.78, 5) is 153. The summed E-state index contributed by atoms with van der Waals surface area (Å²) in [6.45, 7) is 12.7. The van der Waals surface area contributed by atoms with Gasteiger partial charge in [0.05, 0.1) is 100 Å². The predicted molar refractivity (Wildman–Crippen MR) is 403 cm³/mol. The summed E-state index contributed by atoms with van der Waals surface area (Å²) in [5, 5.41) is 34.5. The molecule has 4 aromatic rings. The Labute approximate surface area is 644 Å². The molecule has 9 N–H and O–H groups in total. The lowest BCUT2D eigenvalue weighted by atomic mass is 9.81. The van der Waals surface area contributed by atoms with Gasteiger partial charge in [0.25, 0.3) is 5.56 Å². The van der Waals surface area contributed by atoms with E-state index in [1.807, 2.05) is 13.8 Å². The number of fused-ring (bicyclic) bond motifs is 5. The van der Waals surface area contributed by atoms with E-state index in [0.29, 0.717) is 135 Å². The number of hydrogen-bond acceptors (Lipinski definition) is 22. The SMILES string of the molecule is CCC(=O)[C@@H](NC(=O)[C@H](CCC(=O)O)CC(=O)CCOCCOCCOCCOCCCC(=O)COC1C#CCCCCC1)C(C)C.CC[C@@]1(O)C(=O)OCc2c1cc1n(c2=O)Cc2c-1nc1cc(F)c(C)c3c1c2[C@@H](NC(=O)COCCC(=O)CNC(=O)OCc1ccc(NC(=O)[C@@H](C)CCCNC(N)=O)cc1)CC3. The molecule has 30 nitrogen and oxygen atoms in total. The minimum atomic E-state index is -2.02. The Morgan fingerprint density at radius 2 is 1.47 bits per heavy atom. The van der Waals surface area contributed by atoms with Gasteiger partial charge in [0.2, 0.25) is 17.7 Å². The Balaban J connectivity index is 0.000000325. The van der Waals surface area contributed by atoms with E-state index < -0.39 is 70.9 Å². The number of urea groups is 1. The van der Waals surface area contributed by atoms with Crippen molar-refractivity contribution < 1.29 is 105 Å². The fraction of sp³-hybridized carbons (Fsp3) is 0.588. The van der Waals surface area contributed by atoms with Gasteiger partial charge < -0.3 is 85.0 Å². The van der Waals surface area contributed by atoms with Crippen molar-refractivity contribution >= 4 is 81.5 Å². The largest absolute Gasteiger partial charge is 0.481 e. The highest BCUT2D eigenvalue weighted by Gasteiger charge is 2.46. The number of hydrogen-bond donors (Lipinski definition) is 8. The number of carbonyl (C=O) groups is 11. The molecule has 2 aliphatic carbocycles. The van der Waals surface area contributed by atoms with Gasteiger partial charge in [-0.2, -0.15) is 0 Å². The first-order valence-electron chi connectivity index (χ1n) is 38.3. The summed E-state index contributed by atoms with van der Waals surface area (Å²) < 4.78 is 60.3. The highest BCUT2D eigenvalue weighted by Crippen LogP contribution is 2.46. The van der Waals surface area contributed by atoms with Gasteiger partial charge in [-0.3, -0.25) is 43.2 Å². The van der Waals surface area contributed by atoms with Gasteiger partial charge in [0.15, 0.2) is 23.0 Å². The second-order valence-corrected chi connectivity index (χ2v) is 28.2. The van der Waals surface area contributed by atoms with Crippen LogP contribution in [0.2, 0.25) is 0 Å². The summed E-state index contributed by atoms with van der Waals surface area (Å²) in [7, 11) is 0. The number of aliphatic hydroxyl groups is 1. The van der Waals surface area contributed by atoms with Crippen molar-refractivity contribution in [2.45, 2.75) is 201 Å². The van der Waals surface area contributed by atoms with Crippen LogP contribution in [-0.2, 0) is 113 Å². The van der Waals surface area contributed by atoms with Crippen molar-refractivity contribution in [2.24, 2.45) is 23.5 Å². The molecule has 4 aliphatic rings. The number of carboxylic acid groups (broad SMARTS) is 1. The third kappa shape index (κ3) is 27.2. The zero-order chi connectivity index (χ0) is 80.6. The zero-order valence-electron chi connectivity index (χ0n) is 64.4. The van der Waals surface area contributed by atoms with Crippen LogP contribution in [-0.4, -0.2) is 183 Å². The van der Waals surface area contributed by atoms with Crippen molar-refractivity contribution in [1.82, 2.24) is 30.8 Å². The molecule has 0 saturated heterocycles. The normalized spacial score (nSPS) is 16.7. The predicted octanol–water partition coefficient (Wildman–Crippen LogP) is 7.26. The van der Waals surface area contributed by atoms with Crippen LogP contribution in [0.25, 0.3) is 22.3 Å². The van der Waals surface area contributed by atoms with Gasteiger partial charge >= 0.3 is 24.1 Å². The number of amides is 6. The summed E-state index contributed by atoms with van der Waals surface area (Å²) >= 11 is 0. The first-order chi connectivity index (χ1) is 53.2. The number of Topliss-reactive ketones (excluding diaryl/α,β-unsaturated/α-hetero) is 4. The number of carboxylic acids is 1. The number of nitrogens with one attached hydrogen (secondary N) is 5. The molecule has 6 atom stereocenters. The van der Waals surface area contributed by atoms with Crippen molar-refractivity contribution in [1.29, 1.82) is 0 Å². The van der Waals surface area contributed by atoms with Crippen LogP contribution in [0.4, 0.5) is 19.7 Å². The maximum atomic E-state index is 15.3. The average molecular weight is 1550 g/mol. The number of nitrogens with two attached hydrogens (primary N) is 1. The van der Waals surface area contributed by atoms with Gasteiger partial charge in [0.1, 0.15) is 44.1 Å². The summed E-state index contributed by atoms with van der Waals surface area (Å²) in [6.07, 6.45) is 7.17. The number of halogens is 1. The molecule has 2 aliphatic heterocycles. The molecule has 2 aromatic carbocycles. The smallest absolute Gasteiger partial charge is 0.407 e. The molecule has 8 rings (SSSR count). The maximum Gasteiger partial charge on any atom is 0.407 e. The quantitative estimate of drug-likeness (QED) is 0.0108. The van der Waals surface area contributed by atoms with Crippen LogP contribution in [0, 0.1) is 42.3 Å². The van der Waals surface area contributed by atoms with Crippen LogP contribution in [0.1, 0.15) is 189 Å². The van der Waals surface area contributed by atoms with Crippen molar-refractivity contribution in [3.05, 3.63) is 91.5 Å². The van der Waals surface area contributed by atoms with Gasteiger partial charge in [-0.05, 0) is 118 Å². The summed E-state index contributed by atoms with van der Waals surface area (Å²) in [5.74, 6) is 0.872. The van der Waals surface area contributed by atoms with Crippen LogP contribution < -0.4 is 37.9 Å². The third-order valence-electron chi connectivity index (χ3n) is 19.6. The van der Waals surface area contributed by atoms with Crippen molar-refractivity contribution in [3.63, 3.8) is 0 Å². The van der Waals surface area contributed by atoms with Crippen LogP contribution in [0.15, 0.2) is 41.2 Å². The topological polar surface area (TPSA) is 423 Å². The number of nitrogens with zero attached hydrogens (tertiary/aromatic N) is 2. The monoisotopic (exact) mass is 1550 g/mol. The molecule has 0 radical (unpaired) electrons. The van der Waals surface area contributed by atoms with E-state index in [0.717, 1.165) is 37.7 Å². The van der Waals surface area contributed by atoms with E-state index in [-0.39, 0.29) is 162 Å². The molecule has 31 heteroatoms. The highest BCUT2D eigenvalue weighted by atomic mass is 19.1. The minimum absolute atomic E-state index is 0.00866. The molecular weight excluding hydrogens is 1440 g/mol. The number of alkyl carbamates (subject to hydrolysis) is 1. The number of carbonyl (C=O) groups excluding carboxylic acids is 10. The molecule has 0 spiro atoms. The van der Waals surface area contributed by atoms with E-state index >= 15 is 4.39 Å². The molecule has 1 unspecified atom stereocenters. The molecule has 0 bridgehead atoms. The standard InChI is InChI=1S/C45H50FN7O11.C35H57NO11/c1-4-45(61)31-16-35-39-29(19-53(35)41(57)30(31)21-63-42(45)58)38-33(12-11-28-24(3)32(46)17-34(52-39)37(28)38)51-36(55)22-62-15-13-27(54)18-49-44(60)64-20-25-7-9-26(10-8-25)50-40(56)23(2)6-5-14-48-43(47)59;1-4-32(39)34(27(2)3)36-35(42)28(14-15-33(40)41)25-29(37)16-18-44-20-22-46-24-23-45-21-19-43-17-10-11-30(38)26-47-31-12-8-6-5-7-9-13-31/h7-10,16-17,23,33,61H,4-6,11-15,18-22H2,1-3H3,(H,49,60)(H,50,56)(H,51,55)(H3,47,48,59);27-28,31,34H,4-8,10-12,14-26H2,1-3H3,(H,36,42)(H,40,41)/t23-,33-,45-;28-,31?,34+/m01/s1. The Kier molecular flexibility index (Phi) is 36.1. The number of pyridine rings is 2. The van der Waals surface area contributed by atoms with Crippen LogP contribution >= 0.6 is 0 Å². The van der Waals surface area contributed by atoms with Gasteiger partial charge in [0, 0.05) is 98.2 Å². The molecule has 6 amide bonds. The molecule has 0 fully saturated rings. The van der Waals surface area contributed by atoms with Gasteiger partial charge in [-0.25, -0.2) is 23.8 Å². The number of ether oxygens (including phenoxy) is 8. The lowest BCUT2D eigenvalue weighted by molar-refractivity contribution is -0.172. The number of cyclic esters (lactones) is 1. The number of ketones is 4. The number of anilines is 1. The fourth-order valence-corrected chi connectivity index (χ4v) is 13.2. The number of primary amides is 1. The van der Waals surface area contributed by atoms with E-state index in [1.165, 1.54) is 10.6 Å². The Hall–Kier alpha value is -9.42. The molecular formula is C80H107FN8O22. The summed E-state index contributed by atoms with van der Waals surface area (Å²) in [6, 6.07) is 7.78. The van der Waals surface area contributed by atoms with Crippen molar-refractivity contribution in [3.8, 4) is 23.2 Å². The fourth-order valence-electron chi connectivity index (χ4n) is 13.2. The number of esters is 1. The zero-order valence-corrected chi connectivity index (χ0v) is 64.4. The highest BCUT2D eigenvalue weighted by molar-refractivity contribution is 5.95. The molecule has 606 valence electrons.